The standard InChI is InChI=1S/C13H15I/c1-10-5-8-13(14)9-12(10)4-2-3-11-6-7-11/h2,4-5,8-9,11H,3,6-7H2,1H3/b4-2-. The van der Waals surface area contributed by atoms with Gasteiger partial charge in [0.15, 0.2) is 0 Å². The molecule has 0 atom stereocenters. The monoisotopic (exact) mass is 298 g/mol. The van der Waals surface area contributed by atoms with Crippen LogP contribution in [0.3, 0.4) is 0 Å². The van der Waals surface area contributed by atoms with E-state index in [1.54, 1.807) is 0 Å². The topological polar surface area (TPSA) is 0 Å². The first-order chi connectivity index (χ1) is 6.75. The molecular weight excluding hydrogens is 283 g/mol. The van der Waals surface area contributed by atoms with Gasteiger partial charge in [0.25, 0.3) is 0 Å². The highest BCUT2D eigenvalue weighted by molar-refractivity contribution is 14.1. The lowest BCUT2D eigenvalue weighted by molar-refractivity contribution is 0.866. The Bertz CT molecular complexity index is 348. The molecule has 2 rings (SSSR count). The predicted octanol–water partition coefficient (Wildman–Crippen LogP) is 4.41. The molecule has 74 valence electrons. The van der Waals surface area contributed by atoms with Crippen molar-refractivity contribution in [3.63, 3.8) is 0 Å². The van der Waals surface area contributed by atoms with E-state index in [1.165, 1.54) is 34.0 Å². The minimum absolute atomic E-state index is 0.995. The summed E-state index contributed by atoms with van der Waals surface area (Å²) in [4.78, 5) is 0. The van der Waals surface area contributed by atoms with Crippen LogP contribution in [0.2, 0.25) is 0 Å². The molecule has 0 radical (unpaired) electrons. The molecule has 1 aliphatic carbocycles. The largest absolute Gasteiger partial charge is 0.0837 e. The molecule has 1 fully saturated rings. The molecule has 1 aromatic rings. The van der Waals surface area contributed by atoms with E-state index in [0.717, 1.165) is 5.92 Å². The molecule has 14 heavy (non-hydrogen) atoms. The Balaban J connectivity index is 2.05. The number of rotatable bonds is 3. The highest BCUT2D eigenvalue weighted by Gasteiger charge is 2.18. The van der Waals surface area contributed by atoms with Gasteiger partial charge in [0, 0.05) is 3.57 Å². The average molecular weight is 298 g/mol. The van der Waals surface area contributed by atoms with E-state index in [4.69, 9.17) is 0 Å². The molecule has 1 saturated carbocycles. The first-order valence-electron chi connectivity index (χ1n) is 5.18. The summed E-state index contributed by atoms with van der Waals surface area (Å²) < 4.78 is 1.32. The van der Waals surface area contributed by atoms with Gasteiger partial charge in [-0.25, -0.2) is 0 Å². The lowest BCUT2D eigenvalue weighted by atomic mass is 10.1. The molecule has 0 unspecified atom stereocenters. The van der Waals surface area contributed by atoms with Crippen LogP contribution in [0.15, 0.2) is 24.3 Å². The maximum Gasteiger partial charge on any atom is 0.0136 e. The third-order valence-electron chi connectivity index (χ3n) is 2.71. The molecule has 1 aliphatic rings. The second-order valence-corrected chi connectivity index (χ2v) is 5.33. The number of benzene rings is 1. The second kappa shape index (κ2) is 4.47. The van der Waals surface area contributed by atoms with Crippen molar-refractivity contribution in [2.75, 3.05) is 0 Å². The molecule has 0 spiro atoms. The molecule has 0 bridgehead atoms. The van der Waals surface area contributed by atoms with Gasteiger partial charge in [-0.2, -0.15) is 0 Å². The Morgan fingerprint density at radius 3 is 2.93 bits per heavy atom. The SMILES string of the molecule is Cc1ccc(I)cc1/C=C\CC1CC1. The summed E-state index contributed by atoms with van der Waals surface area (Å²) in [6, 6.07) is 6.60. The maximum atomic E-state index is 2.37. The predicted molar refractivity (Wildman–Crippen MR) is 70.3 cm³/mol. The summed E-state index contributed by atoms with van der Waals surface area (Å²) in [5, 5.41) is 0. The van der Waals surface area contributed by atoms with Crippen LogP contribution in [-0.2, 0) is 0 Å². The van der Waals surface area contributed by atoms with Gasteiger partial charge < -0.3 is 0 Å². The summed E-state index contributed by atoms with van der Waals surface area (Å²) in [6.45, 7) is 2.17. The number of allylic oxidation sites excluding steroid dienone is 1. The Kier molecular flexibility index (Phi) is 3.26. The van der Waals surface area contributed by atoms with Crippen LogP contribution in [0.1, 0.15) is 30.4 Å². The number of hydrogen-bond donors (Lipinski definition) is 0. The maximum absolute atomic E-state index is 2.37. The average Bonchev–Trinajstić information content (AvgIpc) is 2.95. The van der Waals surface area contributed by atoms with Crippen molar-refractivity contribution in [2.24, 2.45) is 5.92 Å². The first-order valence-corrected chi connectivity index (χ1v) is 6.26. The van der Waals surface area contributed by atoms with Crippen LogP contribution in [0, 0.1) is 16.4 Å². The zero-order chi connectivity index (χ0) is 9.97. The third kappa shape index (κ3) is 2.84. The molecule has 0 aromatic heterocycles. The van der Waals surface area contributed by atoms with Crippen molar-refractivity contribution < 1.29 is 0 Å². The number of aryl methyl sites for hydroxylation is 1. The zero-order valence-electron chi connectivity index (χ0n) is 8.46. The van der Waals surface area contributed by atoms with E-state index in [2.05, 4.69) is 59.9 Å². The van der Waals surface area contributed by atoms with Crippen molar-refractivity contribution in [3.8, 4) is 0 Å². The van der Waals surface area contributed by atoms with Gasteiger partial charge in [-0.15, -0.1) is 0 Å². The molecule has 0 amide bonds. The minimum Gasteiger partial charge on any atom is -0.0837 e. The van der Waals surface area contributed by atoms with Crippen LogP contribution in [0.25, 0.3) is 6.08 Å². The quantitative estimate of drug-likeness (QED) is 0.725. The minimum atomic E-state index is 0.995. The van der Waals surface area contributed by atoms with E-state index in [9.17, 15) is 0 Å². The van der Waals surface area contributed by atoms with Gasteiger partial charge in [0.05, 0.1) is 0 Å². The van der Waals surface area contributed by atoms with Crippen molar-refractivity contribution >= 4 is 28.7 Å². The highest BCUT2D eigenvalue weighted by atomic mass is 127. The van der Waals surface area contributed by atoms with Crippen LogP contribution in [-0.4, -0.2) is 0 Å². The fourth-order valence-electron chi connectivity index (χ4n) is 1.53. The van der Waals surface area contributed by atoms with Crippen molar-refractivity contribution in [1.29, 1.82) is 0 Å². The molecule has 0 heterocycles. The Hall–Kier alpha value is -0.310. The van der Waals surface area contributed by atoms with Crippen molar-refractivity contribution in [3.05, 3.63) is 39.0 Å². The second-order valence-electron chi connectivity index (χ2n) is 4.08. The highest BCUT2D eigenvalue weighted by Crippen LogP contribution is 2.32. The van der Waals surface area contributed by atoms with E-state index < -0.39 is 0 Å². The van der Waals surface area contributed by atoms with Crippen LogP contribution in [0.4, 0.5) is 0 Å². The molecular formula is C13H15I. The molecule has 0 nitrogen and oxygen atoms in total. The fraction of sp³-hybridized carbons (Fsp3) is 0.385. The van der Waals surface area contributed by atoms with Gasteiger partial charge in [0.1, 0.15) is 0 Å². The van der Waals surface area contributed by atoms with Crippen LogP contribution < -0.4 is 0 Å². The molecule has 0 N–H and O–H groups in total. The van der Waals surface area contributed by atoms with E-state index in [1.807, 2.05) is 0 Å². The van der Waals surface area contributed by atoms with E-state index in [0.29, 0.717) is 0 Å². The summed E-state index contributed by atoms with van der Waals surface area (Å²) in [5.74, 6) is 0.995. The summed E-state index contributed by atoms with van der Waals surface area (Å²) in [7, 11) is 0. The Morgan fingerprint density at radius 2 is 2.21 bits per heavy atom. The number of hydrogen-bond acceptors (Lipinski definition) is 0. The summed E-state index contributed by atoms with van der Waals surface area (Å²) in [6.07, 6.45) is 8.75. The normalized spacial score (nSPS) is 16.4. The Morgan fingerprint density at radius 1 is 1.43 bits per heavy atom. The lowest BCUT2D eigenvalue weighted by Gasteiger charge is -2.00. The van der Waals surface area contributed by atoms with Crippen LogP contribution >= 0.6 is 22.6 Å². The smallest absolute Gasteiger partial charge is 0.0136 e. The van der Waals surface area contributed by atoms with Gasteiger partial charge in [-0.1, -0.05) is 18.2 Å². The first kappa shape index (κ1) is 10.2. The lowest BCUT2D eigenvalue weighted by Crippen LogP contribution is -1.81. The van der Waals surface area contributed by atoms with Crippen molar-refractivity contribution in [2.45, 2.75) is 26.2 Å². The molecule has 0 saturated heterocycles. The third-order valence-corrected chi connectivity index (χ3v) is 3.38. The van der Waals surface area contributed by atoms with Crippen LogP contribution in [0.5, 0.6) is 0 Å². The van der Waals surface area contributed by atoms with E-state index >= 15 is 0 Å². The summed E-state index contributed by atoms with van der Waals surface area (Å²) in [5.41, 5.74) is 2.75. The van der Waals surface area contributed by atoms with E-state index in [-0.39, 0.29) is 0 Å². The van der Waals surface area contributed by atoms with Gasteiger partial charge in [0.2, 0.25) is 0 Å². The van der Waals surface area contributed by atoms with Gasteiger partial charge >= 0.3 is 0 Å². The molecule has 1 heteroatoms. The van der Waals surface area contributed by atoms with Crippen molar-refractivity contribution in [1.82, 2.24) is 0 Å². The molecule has 1 aromatic carbocycles. The van der Waals surface area contributed by atoms with Gasteiger partial charge in [-0.3, -0.25) is 0 Å². The molecule has 0 aliphatic heterocycles. The number of halogens is 1. The van der Waals surface area contributed by atoms with Gasteiger partial charge in [-0.05, 0) is 78.0 Å². The summed E-state index contributed by atoms with van der Waals surface area (Å²) >= 11 is 2.37. The zero-order valence-corrected chi connectivity index (χ0v) is 10.6. The Labute approximate surface area is 99.6 Å². The fourth-order valence-corrected chi connectivity index (χ4v) is 2.05.